The largest absolute Gasteiger partial charge is 0.357 e. The summed E-state index contributed by atoms with van der Waals surface area (Å²) in [6, 6.07) is 4.66. The van der Waals surface area contributed by atoms with Crippen molar-refractivity contribution in [2.45, 2.75) is 32.7 Å². The first kappa shape index (κ1) is 11.5. The molecule has 2 nitrogen and oxygen atoms in total. The fourth-order valence-corrected chi connectivity index (χ4v) is 1.83. The second-order valence-corrected chi connectivity index (χ2v) is 4.33. The van der Waals surface area contributed by atoms with E-state index in [2.05, 4.69) is 46.7 Å². The fourth-order valence-electron chi connectivity index (χ4n) is 1.60. The summed E-state index contributed by atoms with van der Waals surface area (Å²) in [6.07, 6.45) is 4.16. The van der Waals surface area contributed by atoms with Gasteiger partial charge in [0.1, 0.15) is 5.82 Å². The topological polar surface area (TPSA) is 16.1 Å². The van der Waals surface area contributed by atoms with Crippen LogP contribution < -0.4 is 4.90 Å². The van der Waals surface area contributed by atoms with Gasteiger partial charge < -0.3 is 4.90 Å². The van der Waals surface area contributed by atoms with Crippen molar-refractivity contribution >= 4 is 21.7 Å². The van der Waals surface area contributed by atoms with Crippen LogP contribution in [0.25, 0.3) is 0 Å². The lowest BCUT2D eigenvalue weighted by Gasteiger charge is -2.27. The van der Waals surface area contributed by atoms with Crippen molar-refractivity contribution in [3.05, 3.63) is 22.8 Å². The van der Waals surface area contributed by atoms with Gasteiger partial charge >= 0.3 is 0 Å². The lowest BCUT2D eigenvalue weighted by molar-refractivity contribution is 0.587. The molecule has 0 radical (unpaired) electrons. The zero-order valence-electron chi connectivity index (χ0n) is 9.00. The summed E-state index contributed by atoms with van der Waals surface area (Å²) in [7, 11) is 2.11. The third-order valence-electron chi connectivity index (χ3n) is 2.56. The van der Waals surface area contributed by atoms with E-state index in [9.17, 15) is 0 Å². The van der Waals surface area contributed by atoms with Gasteiger partial charge in [0.2, 0.25) is 0 Å². The summed E-state index contributed by atoms with van der Waals surface area (Å²) in [6.45, 7) is 4.42. The molecule has 0 aliphatic heterocycles. The molecule has 0 bridgehead atoms. The Bertz CT molecular complexity index is 267. The summed E-state index contributed by atoms with van der Waals surface area (Å²) in [5, 5.41) is 0. The first-order valence-electron chi connectivity index (χ1n) is 5.03. The minimum Gasteiger partial charge on any atom is -0.357 e. The second kappa shape index (κ2) is 5.35. The minimum absolute atomic E-state index is 0.587. The van der Waals surface area contributed by atoms with Gasteiger partial charge in [-0.15, -0.1) is 0 Å². The third kappa shape index (κ3) is 2.71. The van der Waals surface area contributed by atoms with Gasteiger partial charge in [-0.25, -0.2) is 4.98 Å². The van der Waals surface area contributed by atoms with E-state index in [4.69, 9.17) is 0 Å². The van der Waals surface area contributed by atoms with Gasteiger partial charge in [-0.1, -0.05) is 13.8 Å². The average molecular weight is 257 g/mol. The van der Waals surface area contributed by atoms with Crippen molar-refractivity contribution < 1.29 is 0 Å². The van der Waals surface area contributed by atoms with Crippen LogP contribution in [0.4, 0.5) is 5.82 Å². The number of aromatic nitrogens is 1. The molecule has 0 saturated carbocycles. The van der Waals surface area contributed by atoms with E-state index in [-0.39, 0.29) is 0 Å². The summed E-state index contributed by atoms with van der Waals surface area (Å²) >= 11 is 3.38. The molecule has 0 spiro atoms. The van der Waals surface area contributed by atoms with Crippen LogP contribution in [-0.4, -0.2) is 18.1 Å². The van der Waals surface area contributed by atoms with Crippen LogP contribution in [0.5, 0.6) is 0 Å². The maximum atomic E-state index is 4.37. The van der Waals surface area contributed by atoms with Gasteiger partial charge in [-0.3, -0.25) is 0 Å². The highest BCUT2D eigenvalue weighted by Gasteiger charge is 2.11. The molecule has 0 aliphatic rings. The molecule has 1 aromatic rings. The minimum atomic E-state index is 0.587. The quantitative estimate of drug-likeness (QED) is 0.821. The zero-order chi connectivity index (χ0) is 10.6. The van der Waals surface area contributed by atoms with Gasteiger partial charge in [0.05, 0.1) is 0 Å². The van der Waals surface area contributed by atoms with E-state index in [1.807, 2.05) is 18.3 Å². The third-order valence-corrected chi connectivity index (χ3v) is 3.03. The molecule has 14 heavy (non-hydrogen) atoms. The number of hydrogen-bond acceptors (Lipinski definition) is 2. The Labute approximate surface area is 94.5 Å². The molecule has 0 aromatic carbocycles. The van der Waals surface area contributed by atoms with Crippen molar-refractivity contribution in [3.63, 3.8) is 0 Å². The van der Waals surface area contributed by atoms with Crippen LogP contribution in [0, 0.1) is 0 Å². The Balaban J connectivity index is 2.77. The highest BCUT2D eigenvalue weighted by molar-refractivity contribution is 9.10. The maximum Gasteiger partial charge on any atom is 0.128 e. The fraction of sp³-hybridized carbons (Fsp3) is 0.545. The van der Waals surface area contributed by atoms with Crippen LogP contribution in [0.3, 0.4) is 0 Å². The van der Waals surface area contributed by atoms with Gasteiger partial charge in [-0.05, 0) is 40.9 Å². The van der Waals surface area contributed by atoms with E-state index >= 15 is 0 Å². The van der Waals surface area contributed by atoms with E-state index in [1.54, 1.807) is 0 Å². The molecule has 1 aromatic heterocycles. The molecule has 3 heteroatoms. The number of anilines is 1. The SMILES string of the molecule is CCC(CC)N(C)c1ccc(Br)cn1. The lowest BCUT2D eigenvalue weighted by Crippen LogP contribution is -2.30. The Kier molecular flexibility index (Phi) is 4.39. The number of halogens is 1. The predicted octanol–water partition coefficient (Wildman–Crippen LogP) is 3.47. The molecular formula is C11H17BrN2. The van der Waals surface area contributed by atoms with Gasteiger partial charge in [0.15, 0.2) is 0 Å². The number of hydrogen-bond donors (Lipinski definition) is 0. The van der Waals surface area contributed by atoms with Gasteiger partial charge in [-0.2, -0.15) is 0 Å². The van der Waals surface area contributed by atoms with E-state index < -0.39 is 0 Å². The Morgan fingerprint density at radius 3 is 2.43 bits per heavy atom. The molecule has 0 atom stereocenters. The summed E-state index contributed by atoms with van der Waals surface area (Å²) in [5.41, 5.74) is 0. The first-order valence-corrected chi connectivity index (χ1v) is 5.82. The molecule has 0 fully saturated rings. The van der Waals surface area contributed by atoms with Crippen LogP contribution in [-0.2, 0) is 0 Å². The average Bonchev–Trinajstić information content (AvgIpc) is 2.20. The lowest BCUT2D eigenvalue weighted by atomic mass is 10.1. The molecule has 1 heterocycles. The zero-order valence-corrected chi connectivity index (χ0v) is 10.6. The Morgan fingerprint density at radius 1 is 1.36 bits per heavy atom. The predicted molar refractivity (Wildman–Crippen MR) is 64.7 cm³/mol. The highest BCUT2D eigenvalue weighted by Crippen LogP contribution is 2.17. The standard InChI is InChI=1S/C11H17BrN2/c1-4-10(5-2)14(3)11-7-6-9(12)8-13-11/h6-8,10H,4-5H2,1-3H3. The smallest absolute Gasteiger partial charge is 0.128 e. The van der Waals surface area contributed by atoms with Crippen LogP contribution in [0.15, 0.2) is 22.8 Å². The van der Waals surface area contributed by atoms with Gasteiger partial charge in [0, 0.05) is 23.8 Å². The van der Waals surface area contributed by atoms with Crippen LogP contribution in [0.1, 0.15) is 26.7 Å². The molecule has 0 saturated heterocycles. The van der Waals surface area contributed by atoms with Gasteiger partial charge in [0.25, 0.3) is 0 Å². The van der Waals surface area contributed by atoms with Crippen molar-refractivity contribution in [2.75, 3.05) is 11.9 Å². The molecule has 0 amide bonds. The highest BCUT2D eigenvalue weighted by atomic mass is 79.9. The maximum absolute atomic E-state index is 4.37. The number of pyridine rings is 1. The Hall–Kier alpha value is -0.570. The summed E-state index contributed by atoms with van der Waals surface area (Å²) in [4.78, 5) is 6.62. The molecule has 78 valence electrons. The van der Waals surface area contributed by atoms with Crippen molar-refractivity contribution in [3.8, 4) is 0 Å². The number of nitrogens with zero attached hydrogens (tertiary/aromatic N) is 2. The molecule has 0 unspecified atom stereocenters. The number of rotatable bonds is 4. The molecular weight excluding hydrogens is 240 g/mol. The van der Waals surface area contributed by atoms with Crippen molar-refractivity contribution in [1.82, 2.24) is 4.98 Å². The second-order valence-electron chi connectivity index (χ2n) is 3.42. The normalized spacial score (nSPS) is 10.6. The molecule has 1 rings (SSSR count). The Morgan fingerprint density at radius 2 is 2.00 bits per heavy atom. The first-order chi connectivity index (χ1) is 6.69. The van der Waals surface area contributed by atoms with Crippen LogP contribution in [0.2, 0.25) is 0 Å². The summed E-state index contributed by atoms with van der Waals surface area (Å²) in [5.74, 6) is 1.04. The molecule has 0 aliphatic carbocycles. The van der Waals surface area contributed by atoms with Crippen molar-refractivity contribution in [1.29, 1.82) is 0 Å². The van der Waals surface area contributed by atoms with Crippen LogP contribution >= 0.6 is 15.9 Å². The van der Waals surface area contributed by atoms with E-state index in [0.29, 0.717) is 6.04 Å². The molecule has 0 N–H and O–H groups in total. The monoisotopic (exact) mass is 256 g/mol. The summed E-state index contributed by atoms with van der Waals surface area (Å²) < 4.78 is 1.03. The van der Waals surface area contributed by atoms with E-state index in [0.717, 1.165) is 23.1 Å². The van der Waals surface area contributed by atoms with E-state index in [1.165, 1.54) is 0 Å². The van der Waals surface area contributed by atoms with Crippen molar-refractivity contribution in [2.24, 2.45) is 0 Å².